The van der Waals surface area contributed by atoms with Crippen molar-refractivity contribution in [3.63, 3.8) is 0 Å². The molecule has 0 unspecified atom stereocenters. The van der Waals surface area contributed by atoms with Crippen LogP contribution in [0.3, 0.4) is 0 Å². The summed E-state index contributed by atoms with van der Waals surface area (Å²) in [7, 11) is 0. The van der Waals surface area contributed by atoms with E-state index in [1.807, 2.05) is 22.6 Å². The van der Waals surface area contributed by atoms with Crippen molar-refractivity contribution in [3.8, 4) is 0 Å². The molecule has 1 aromatic heterocycles. The fourth-order valence-corrected chi connectivity index (χ4v) is 3.36. The van der Waals surface area contributed by atoms with Crippen LogP contribution < -0.4 is 5.32 Å². The van der Waals surface area contributed by atoms with E-state index in [1.165, 1.54) is 13.0 Å². The van der Waals surface area contributed by atoms with Gasteiger partial charge in [-0.1, -0.05) is 36.9 Å². The minimum Gasteiger partial charge on any atom is -0.340 e. The Labute approximate surface area is 194 Å². The van der Waals surface area contributed by atoms with Crippen LogP contribution in [0.25, 0.3) is 0 Å². The van der Waals surface area contributed by atoms with Crippen molar-refractivity contribution in [2.24, 2.45) is 0 Å². The number of hydrogen-bond acceptors (Lipinski definition) is 2. The summed E-state index contributed by atoms with van der Waals surface area (Å²) in [4.78, 5) is 16.6. The molecular weight excluding hydrogens is 549 g/mol. The SMILES string of the molecule is C=C(/C=C\C(=C/C)C(F)(F)F)[C@H](NC(=O)c1ccccc1I)c1ncccc1C(F)(F)F. The number of amides is 1. The molecule has 0 aliphatic carbocycles. The van der Waals surface area contributed by atoms with Crippen molar-refractivity contribution < 1.29 is 31.1 Å². The van der Waals surface area contributed by atoms with Crippen LogP contribution >= 0.6 is 22.6 Å². The predicted molar refractivity (Wildman–Crippen MR) is 117 cm³/mol. The normalized spacial score (nSPS) is 13.8. The van der Waals surface area contributed by atoms with Gasteiger partial charge in [0.15, 0.2) is 0 Å². The molecule has 1 atom stereocenters. The first-order chi connectivity index (χ1) is 14.9. The van der Waals surface area contributed by atoms with Gasteiger partial charge in [0.25, 0.3) is 5.91 Å². The third kappa shape index (κ3) is 6.44. The van der Waals surface area contributed by atoms with Crippen molar-refractivity contribution in [2.75, 3.05) is 0 Å². The van der Waals surface area contributed by atoms with Crippen LogP contribution in [-0.4, -0.2) is 17.1 Å². The topological polar surface area (TPSA) is 42.0 Å². The number of aromatic nitrogens is 1. The molecule has 0 bridgehead atoms. The minimum atomic E-state index is -4.81. The Morgan fingerprint density at radius 2 is 1.75 bits per heavy atom. The zero-order valence-corrected chi connectivity index (χ0v) is 18.7. The van der Waals surface area contributed by atoms with E-state index in [1.54, 1.807) is 18.2 Å². The van der Waals surface area contributed by atoms with Gasteiger partial charge in [-0.05, 0) is 59.4 Å². The van der Waals surface area contributed by atoms with Gasteiger partial charge in [-0.3, -0.25) is 9.78 Å². The number of carbonyl (C=O) groups is 1. The molecule has 10 heteroatoms. The van der Waals surface area contributed by atoms with E-state index in [9.17, 15) is 31.1 Å². The molecule has 0 fully saturated rings. The summed E-state index contributed by atoms with van der Waals surface area (Å²) >= 11 is 1.89. The smallest absolute Gasteiger partial charge is 0.340 e. The number of benzene rings is 1. The van der Waals surface area contributed by atoms with Crippen molar-refractivity contribution in [2.45, 2.75) is 25.3 Å². The van der Waals surface area contributed by atoms with Crippen LogP contribution in [0.1, 0.15) is 34.6 Å². The van der Waals surface area contributed by atoms with Crippen molar-refractivity contribution in [1.82, 2.24) is 10.3 Å². The van der Waals surface area contributed by atoms with Gasteiger partial charge >= 0.3 is 12.4 Å². The number of pyridine rings is 1. The molecule has 0 aliphatic rings. The second-order valence-corrected chi connectivity index (χ2v) is 7.63. The molecule has 1 amide bonds. The van der Waals surface area contributed by atoms with Crippen LogP contribution in [0.4, 0.5) is 26.3 Å². The molecule has 1 N–H and O–H groups in total. The molecule has 0 spiro atoms. The number of nitrogens with one attached hydrogen (secondary N) is 1. The Bertz CT molecular complexity index is 1060. The molecule has 2 rings (SSSR count). The van der Waals surface area contributed by atoms with Gasteiger partial charge < -0.3 is 5.32 Å². The first kappa shape index (κ1) is 25.6. The van der Waals surface area contributed by atoms with Crippen LogP contribution in [0.2, 0.25) is 0 Å². The summed E-state index contributed by atoms with van der Waals surface area (Å²) < 4.78 is 80.3. The van der Waals surface area contributed by atoms with Crippen LogP contribution in [-0.2, 0) is 6.18 Å². The van der Waals surface area contributed by atoms with E-state index in [0.29, 0.717) is 9.65 Å². The lowest BCUT2D eigenvalue weighted by molar-refractivity contribution is -0.138. The molecule has 3 nitrogen and oxygen atoms in total. The average Bonchev–Trinajstić information content (AvgIpc) is 2.70. The van der Waals surface area contributed by atoms with Crippen LogP contribution in [0, 0.1) is 3.57 Å². The Hall–Kier alpha value is -2.63. The maximum absolute atomic E-state index is 13.6. The zero-order chi connectivity index (χ0) is 24.1. The van der Waals surface area contributed by atoms with Crippen molar-refractivity contribution >= 4 is 28.5 Å². The highest BCUT2D eigenvalue weighted by atomic mass is 127. The number of rotatable bonds is 6. The fraction of sp³-hybridized carbons (Fsp3) is 0.182. The van der Waals surface area contributed by atoms with E-state index in [0.717, 1.165) is 30.5 Å². The van der Waals surface area contributed by atoms with E-state index < -0.39 is 41.1 Å². The van der Waals surface area contributed by atoms with E-state index >= 15 is 0 Å². The molecule has 0 saturated carbocycles. The molecule has 1 heterocycles. The fourth-order valence-electron chi connectivity index (χ4n) is 2.73. The third-order valence-electron chi connectivity index (χ3n) is 4.30. The molecule has 2 aromatic rings. The number of nitrogens with zero attached hydrogens (tertiary/aromatic N) is 1. The molecule has 170 valence electrons. The molecule has 0 saturated heterocycles. The van der Waals surface area contributed by atoms with Crippen molar-refractivity contribution in [1.29, 1.82) is 0 Å². The van der Waals surface area contributed by atoms with E-state index in [2.05, 4.69) is 16.9 Å². The minimum absolute atomic E-state index is 0.184. The number of carbonyl (C=O) groups excluding carboxylic acids is 1. The number of hydrogen-bond donors (Lipinski definition) is 1. The average molecular weight is 566 g/mol. The third-order valence-corrected chi connectivity index (χ3v) is 5.24. The summed E-state index contributed by atoms with van der Waals surface area (Å²) in [5.74, 6) is -0.726. The quantitative estimate of drug-likeness (QED) is 0.238. The van der Waals surface area contributed by atoms with Crippen molar-refractivity contribution in [3.05, 3.63) is 98.9 Å². The Morgan fingerprint density at radius 3 is 2.31 bits per heavy atom. The Morgan fingerprint density at radius 1 is 1.09 bits per heavy atom. The second-order valence-electron chi connectivity index (χ2n) is 6.47. The summed E-state index contributed by atoms with van der Waals surface area (Å²) in [5, 5.41) is 2.43. The number of halogens is 7. The molecule has 0 radical (unpaired) electrons. The van der Waals surface area contributed by atoms with Crippen LogP contribution in [0.15, 0.2) is 78.5 Å². The van der Waals surface area contributed by atoms with E-state index in [-0.39, 0.29) is 11.1 Å². The predicted octanol–water partition coefficient (Wildman–Crippen LogP) is 6.80. The molecular formula is C22H17F6IN2O. The van der Waals surface area contributed by atoms with Crippen LogP contribution in [0.5, 0.6) is 0 Å². The highest BCUT2D eigenvalue weighted by Gasteiger charge is 2.37. The van der Waals surface area contributed by atoms with Gasteiger partial charge in [-0.15, -0.1) is 0 Å². The first-order valence-electron chi connectivity index (χ1n) is 9.04. The Balaban J connectivity index is 2.52. The number of allylic oxidation sites excluding steroid dienone is 3. The zero-order valence-electron chi connectivity index (χ0n) is 16.6. The summed E-state index contributed by atoms with van der Waals surface area (Å²) in [6, 6.07) is 6.67. The van der Waals surface area contributed by atoms with Gasteiger partial charge in [-0.25, -0.2) is 0 Å². The lowest BCUT2D eigenvalue weighted by Gasteiger charge is -2.23. The monoisotopic (exact) mass is 566 g/mol. The maximum Gasteiger partial charge on any atom is 0.418 e. The standard InChI is InChI=1S/C22H17F6IN2O/c1-3-14(21(23,24)25)11-10-13(2)18(19-16(22(26,27)28)8-6-12-30-19)31-20(32)15-7-4-5-9-17(15)29/h3-12,18H,2H2,1H3,(H,31,32)/b11-10-,14-3+/t18-/m0/s1. The largest absolute Gasteiger partial charge is 0.418 e. The van der Waals surface area contributed by atoms with Gasteiger partial charge in [0.2, 0.25) is 0 Å². The molecule has 32 heavy (non-hydrogen) atoms. The van der Waals surface area contributed by atoms with Gasteiger partial charge in [-0.2, -0.15) is 26.3 Å². The van der Waals surface area contributed by atoms with E-state index in [4.69, 9.17) is 0 Å². The summed E-state index contributed by atoms with van der Waals surface area (Å²) in [5.41, 5.74) is -2.76. The lowest BCUT2D eigenvalue weighted by Crippen LogP contribution is -2.32. The summed E-state index contributed by atoms with van der Waals surface area (Å²) in [6.07, 6.45) is -5.96. The molecule has 1 aromatic carbocycles. The van der Waals surface area contributed by atoms with Gasteiger partial charge in [0.05, 0.1) is 28.4 Å². The number of alkyl halides is 6. The summed E-state index contributed by atoms with van der Waals surface area (Å²) in [6.45, 7) is 4.78. The molecule has 0 aliphatic heterocycles. The lowest BCUT2D eigenvalue weighted by atomic mass is 9.98. The second kappa shape index (κ2) is 10.3. The Kier molecular flexibility index (Phi) is 8.27. The van der Waals surface area contributed by atoms with Gasteiger partial charge in [0, 0.05) is 9.77 Å². The highest BCUT2D eigenvalue weighted by Crippen LogP contribution is 2.36. The highest BCUT2D eigenvalue weighted by molar-refractivity contribution is 14.1. The van der Waals surface area contributed by atoms with Gasteiger partial charge in [0.1, 0.15) is 0 Å². The first-order valence-corrected chi connectivity index (χ1v) is 10.1. The maximum atomic E-state index is 13.6.